The molecule has 1 amide bonds. The molecule has 0 aliphatic rings. The highest BCUT2D eigenvalue weighted by atomic mass is 35.5. The fraction of sp³-hybridized carbons (Fsp3) is 0.150. The molecule has 0 saturated heterocycles. The van der Waals surface area contributed by atoms with Gasteiger partial charge < -0.3 is 10.6 Å². The Morgan fingerprint density at radius 3 is 2.52 bits per heavy atom. The summed E-state index contributed by atoms with van der Waals surface area (Å²) in [6.45, 7) is 2.38. The Bertz CT molecular complexity index is 930. The van der Waals surface area contributed by atoms with Gasteiger partial charge >= 0.3 is 0 Å². The molecular weight excluding hydrogens is 367 g/mol. The predicted molar refractivity (Wildman–Crippen MR) is 104 cm³/mol. The number of hydrogen-bond acceptors (Lipinski definition) is 4. The van der Waals surface area contributed by atoms with E-state index in [0.29, 0.717) is 29.5 Å². The zero-order valence-corrected chi connectivity index (χ0v) is 15.4. The molecule has 3 rings (SSSR count). The van der Waals surface area contributed by atoms with E-state index < -0.39 is 0 Å². The molecule has 27 heavy (non-hydrogen) atoms. The molecule has 2 aromatic carbocycles. The lowest BCUT2D eigenvalue weighted by Crippen LogP contribution is -2.26. The number of carbonyl (C=O) groups excluding carboxylic acids is 1. The summed E-state index contributed by atoms with van der Waals surface area (Å²) in [5, 5.41) is 6.49. The van der Waals surface area contributed by atoms with Crippen molar-refractivity contribution in [1.29, 1.82) is 0 Å². The third-order valence-corrected chi connectivity index (χ3v) is 4.21. The van der Waals surface area contributed by atoms with E-state index in [4.69, 9.17) is 11.6 Å². The van der Waals surface area contributed by atoms with E-state index in [1.165, 1.54) is 24.5 Å². The van der Waals surface area contributed by atoms with Gasteiger partial charge in [0.05, 0.1) is 5.56 Å². The van der Waals surface area contributed by atoms with Gasteiger partial charge in [-0.05, 0) is 48.7 Å². The van der Waals surface area contributed by atoms with Gasteiger partial charge in [0.25, 0.3) is 5.91 Å². The third kappa shape index (κ3) is 5.24. The molecule has 0 unspecified atom stereocenters. The van der Waals surface area contributed by atoms with Crippen molar-refractivity contribution in [3.63, 3.8) is 0 Å². The maximum atomic E-state index is 12.9. The lowest BCUT2D eigenvalue weighted by Gasteiger charge is -2.09. The fourth-order valence-electron chi connectivity index (χ4n) is 2.43. The average molecular weight is 385 g/mol. The first kappa shape index (κ1) is 18.8. The van der Waals surface area contributed by atoms with Crippen LogP contribution < -0.4 is 10.6 Å². The molecule has 1 aromatic heterocycles. The molecule has 2 N–H and O–H groups in total. The van der Waals surface area contributed by atoms with E-state index in [1.807, 2.05) is 19.1 Å². The van der Waals surface area contributed by atoms with Crippen molar-refractivity contribution in [1.82, 2.24) is 15.3 Å². The minimum absolute atomic E-state index is 0.261. The van der Waals surface area contributed by atoms with Crippen LogP contribution in [0.2, 0.25) is 5.02 Å². The monoisotopic (exact) mass is 384 g/mol. The Labute approximate surface area is 161 Å². The molecule has 7 heteroatoms. The number of hydrogen-bond donors (Lipinski definition) is 2. The first-order valence-corrected chi connectivity index (χ1v) is 8.77. The lowest BCUT2D eigenvalue weighted by atomic mass is 10.1. The van der Waals surface area contributed by atoms with Crippen LogP contribution in [0.5, 0.6) is 0 Å². The summed E-state index contributed by atoms with van der Waals surface area (Å²) in [5.74, 6) is -0.160. The van der Waals surface area contributed by atoms with Crippen LogP contribution in [-0.2, 0) is 6.42 Å². The van der Waals surface area contributed by atoms with Crippen LogP contribution in [0.4, 0.5) is 16.0 Å². The van der Waals surface area contributed by atoms with Crippen molar-refractivity contribution in [2.45, 2.75) is 13.3 Å². The standard InChI is InChI=1S/C20H18ClFN4O/c1-13-2-5-16(21)10-18(13)26-20-24-11-15(12-25-20)19(27)23-9-8-14-3-6-17(22)7-4-14/h2-7,10-12H,8-9H2,1H3,(H,23,27)(H,24,25,26). The molecule has 0 fully saturated rings. The van der Waals surface area contributed by atoms with Crippen molar-refractivity contribution >= 4 is 29.1 Å². The summed E-state index contributed by atoms with van der Waals surface area (Å²) in [4.78, 5) is 20.5. The van der Waals surface area contributed by atoms with Gasteiger partial charge in [-0.3, -0.25) is 4.79 Å². The first-order valence-electron chi connectivity index (χ1n) is 8.39. The molecule has 0 aliphatic carbocycles. The van der Waals surface area contributed by atoms with Crippen molar-refractivity contribution in [3.8, 4) is 0 Å². The van der Waals surface area contributed by atoms with E-state index in [1.54, 1.807) is 18.2 Å². The van der Waals surface area contributed by atoms with Crippen LogP contribution in [0.3, 0.4) is 0 Å². The second-order valence-corrected chi connectivity index (χ2v) is 6.45. The molecule has 0 aliphatic heterocycles. The van der Waals surface area contributed by atoms with Crippen LogP contribution in [0, 0.1) is 12.7 Å². The Balaban J connectivity index is 1.55. The molecule has 138 valence electrons. The third-order valence-electron chi connectivity index (χ3n) is 3.97. The van der Waals surface area contributed by atoms with Crippen LogP contribution in [0.25, 0.3) is 0 Å². The lowest BCUT2D eigenvalue weighted by molar-refractivity contribution is 0.0953. The zero-order chi connectivity index (χ0) is 19.2. The molecule has 0 spiro atoms. The number of aromatic nitrogens is 2. The number of aryl methyl sites for hydroxylation is 1. The van der Waals surface area contributed by atoms with Gasteiger partial charge in [0, 0.05) is 29.6 Å². The van der Waals surface area contributed by atoms with E-state index in [9.17, 15) is 9.18 Å². The highest BCUT2D eigenvalue weighted by Crippen LogP contribution is 2.22. The van der Waals surface area contributed by atoms with Gasteiger partial charge in [-0.2, -0.15) is 0 Å². The van der Waals surface area contributed by atoms with Gasteiger partial charge in [0.15, 0.2) is 0 Å². The van der Waals surface area contributed by atoms with Gasteiger partial charge in [0.2, 0.25) is 5.95 Å². The fourth-order valence-corrected chi connectivity index (χ4v) is 2.60. The zero-order valence-electron chi connectivity index (χ0n) is 14.7. The Kier molecular flexibility index (Phi) is 5.98. The normalized spacial score (nSPS) is 10.5. The molecule has 3 aromatic rings. The average Bonchev–Trinajstić information content (AvgIpc) is 2.67. The van der Waals surface area contributed by atoms with Crippen LogP contribution >= 0.6 is 11.6 Å². The maximum Gasteiger partial charge on any atom is 0.254 e. The molecule has 1 heterocycles. The minimum atomic E-state index is -0.276. The first-order chi connectivity index (χ1) is 13.0. The van der Waals surface area contributed by atoms with E-state index in [-0.39, 0.29) is 11.7 Å². The minimum Gasteiger partial charge on any atom is -0.352 e. The number of anilines is 2. The Hall–Kier alpha value is -2.99. The highest BCUT2D eigenvalue weighted by Gasteiger charge is 2.08. The summed E-state index contributed by atoms with van der Waals surface area (Å²) in [6, 6.07) is 11.7. The van der Waals surface area contributed by atoms with E-state index in [0.717, 1.165) is 16.8 Å². The number of carbonyl (C=O) groups is 1. The number of rotatable bonds is 6. The van der Waals surface area contributed by atoms with E-state index in [2.05, 4.69) is 20.6 Å². The number of nitrogens with zero attached hydrogens (tertiary/aromatic N) is 2. The number of amides is 1. The van der Waals surface area contributed by atoms with Crippen molar-refractivity contribution in [3.05, 3.63) is 82.4 Å². The summed E-state index contributed by atoms with van der Waals surface area (Å²) < 4.78 is 12.9. The second-order valence-electron chi connectivity index (χ2n) is 6.01. The SMILES string of the molecule is Cc1ccc(Cl)cc1Nc1ncc(C(=O)NCCc2ccc(F)cc2)cn1. The second kappa shape index (κ2) is 8.60. The van der Waals surface area contributed by atoms with Crippen molar-refractivity contribution in [2.24, 2.45) is 0 Å². The molecule has 0 atom stereocenters. The predicted octanol–water partition coefficient (Wildman–Crippen LogP) is 4.29. The van der Waals surface area contributed by atoms with Gasteiger partial charge in [0.1, 0.15) is 5.82 Å². The molecule has 0 radical (unpaired) electrons. The Morgan fingerprint density at radius 2 is 1.81 bits per heavy atom. The van der Waals surface area contributed by atoms with E-state index >= 15 is 0 Å². The largest absolute Gasteiger partial charge is 0.352 e. The summed E-state index contributed by atoms with van der Waals surface area (Å²) >= 11 is 6.00. The summed E-state index contributed by atoms with van der Waals surface area (Å²) in [6.07, 6.45) is 3.53. The topological polar surface area (TPSA) is 66.9 Å². The summed E-state index contributed by atoms with van der Waals surface area (Å²) in [5.41, 5.74) is 3.12. The smallest absolute Gasteiger partial charge is 0.254 e. The van der Waals surface area contributed by atoms with Crippen LogP contribution in [-0.4, -0.2) is 22.4 Å². The van der Waals surface area contributed by atoms with Crippen LogP contribution in [0.1, 0.15) is 21.5 Å². The Morgan fingerprint density at radius 1 is 1.11 bits per heavy atom. The summed E-state index contributed by atoms with van der Waals surface area (Å²) in [7, 11) is 0. The number of benzene rings is 2. The van der Waals surface area contributed by atoms with Crippen LogP contribution in [0.15, 0.2) is 54.9 Å². The molecule has 0 bridgehead atoms. The number of nitrogens with one attached hydrogen (secondary N) is 2. The van der Waals surface area contributed by atoms with Gasteiger partial charge in [-0.1, -0.05) is 29.8 Å². The molecular formula is C20H18ClFN4O. The number of halogens is 2. The highest BCUT2D eigenvalue weighted by molar-refractivity contribution is 6.30. The molecule has 5 nitrogen and oxygen atoms in total. The maximum absolute atomic E-state index is 12.9. The van der Waals surface area contributed by atoms with Gasteiger partial charge in [-0.25, -0.2) is 14.4 Å². The van der Waals surface area contributed by atoms with Crippen molar-refractivity contribution in [2.75, 3.05) is 11.9 Å². The quantitative estimate of drug-likeness (QED) is 0.665. The van der Waals surface area contributed by atoms with Gasteiger partial charge in [-0.15, -0.1) is 0 Å². The van der Waals surface area contributed by atoms with Crippen molar-refractivity contribution < 1.29 is 9.18 Å². The molecule has 0 saturated carbocycles.